The number of hydrogen-bond donors (Lipinski definition) is 2. The van der Waals surface area contributed by atoms with E-state index in [1.165, 1.54) is 19.3 Å². The Kier molecular flexibility index (Phi) is 8.40. The van der Waals surface area contributed by atoms with E-state index in [1.807, 2.05) is 6.92 Å². The lowest BCUT2D eigenvalue weighted by Gasteiger charge is -2.25. The van der Waals surface area contributed by atoms with Crippen molar-refractivity contribution < 1.29 is 14.4 Å². The first kappa shape index (κ1) is 18.3. The lowest BCUT2D eigenvalue weighted by Crippen LogP contribution is -2.36. The molecule has 1 fully saturated rings. The van der Waals surface area contributed by atoms with E-state index in [2.05, 4.69) is 10.3 Å². The molecule has 0 unspecified atom stereocenters. The summed E-state index contributed by atoms with van der Waals surface area (Å²) in [6.45, 7) is 2.59. The zero-order chi connectivity index (χ0) is 16.4. The zero-order valence-electron chi connectivity index (χ0n) is 13.4. The second-order valence-corrected chi connectivity index (χ2v) is 5.89. The molecule has 22 heavy (non-hydrogen) atoms. The van der Waals surface area contributed by atoms with Gasteiger partial charge in [-0.15, -0.1) is 0 Å². The fourth-order valence-corrected chi connectivity index (χ4v) is 2.34. The van der Waals surface area contributed by atoms with Gasteiger partial charge in [0.2, 0.25) is 11.8 Å². The van der Waals surface area contributed by atoms with Crippen molar-refractivity contribution in [3.05, 3.63) is 0 Å². The first-order valence-electron chi connectivity index (χ1n) is 8.19. The van der Waals surface area contributed by atoms with Crippen molar-refractivity contribution in [2.75, 3.05) is 6.54 Å². The molecule has 0 aromatic heterocycles. The van der Waals surface area contributed by atoms with Crippen LogP contribution in [-0.2, 0) is 14.4 Å². The molecular formula is C16H27N3O3. The molecule has 0 aromatic carbocycles. The van der Waals surface area contributed by atoms with Gasteiger partial charge in [0.15, 0.2) is 0 Å². The molecule has 0 radical (unpaired) electrons. The number of carbonyl (C=O) groups is 3. The van der Waals surface area contributed by atoms with Gasteiger partial charge in [-0.05, 0) is 18.8 Å². The van der Waals surface area contributed by atoms with Crippen LogP contribution in [0.3, 0.4) is 0 Å². The summed E-state index contributed by atoms with van der Waals surface area (Å²) in [6, 6.07) is 0. The van der Waals surface area contributed by atoms with Gasteiger partial charge in [-0.3, -0.25) is 14.4 Å². The van der Waals surface area contributed by atoms with E-state index < -0.39 is 11.8 Å². The predicted octanol–water partition coefficient (Wildman–Crippen LogP) is 1.72. The molecule has 1 aliphatic rings. The van der Waals surface area contributed by atoms with Gasteiger partial charge in [0.25, 0.3) is 5.91 Å². The number of primary amides is 1. The number of nitrogens with zero attached hydrogens (tertiary/aromatic N) is 1. The van der Waals surface area contributed by atoms with Crippen LogP contribution in [0.25, 0.3) is 0 Å². The highest BCUT2D eigenvalue weighted by Crippen LogP contribution is 2.28. The van der Waals surface area contributed by atoms with Crippen molar-refractivity contribution in [2.45, 2.75) is 64.7 Å². The van der Waals surface area contributed by atoms with E-state index in [9.17, 15) is 14.4 Å². The van der Waals surface area contributed by atoms with Crippen LogP contribution < -0.4 is 11.1 Å². The summed E-state index contributed by atoms with van der Waals surface area (Å²) >= 11 is 0. The van der Waals surface area contributed by atoms with Crippen LogP contribution in [0.4, 0.5) is 0 Å². The zero-order valence-corrected chi connectivity index (χ0v) is 13.4. The Morgan fingerprint density at radius 2 is 1.95 bits per heavy atom. The highest BCUT2D eigenvalue weighted by atomic mass is 16.2. The summed E-state index contributed by atoms with van der Waals surface area (Å²) in [5.41, 5.74) is 5.06. The normalized spacial score (nSPS) is 15.2. The molecule has 0 aliphatic heterocycles. The number of amides is 3. The molecule has 0 bridgehead atoms. The number of rotatable bonds is 10. The first-order chi connectivity index (χ1) is 10.5. The Hall–Kier alpha value is -1.72. The SMILES string of the molecule is CCCCCC(=O)/N=C(\CC(N)=O)C(=O)NCCC1CCC1. The molecule has 0 heterocycles. The van der Waals surface area contributed by atoms with Gasteiger partial charge in [-0.25, -0.2) is 4.99 Å². The quantitative estimate of drug-likeness (QED) is 0.474. The summed E-state index contributed by atoms with van der Waals surface area (Å²) in [6.07, 6.45) is 7.32. The highest BCUT2D eigenvalue weighted by Gasteiger charge is 2.19. The number of nitrogens with one attached hydrogen (secondary N) is 1. The molecule has 1 aliphatic carbocycles. The molecular weight excluding hydrogens is 282 g/mol. The van der Waals surface area contributed by atoms with Gasteiger partial charge >= 0.3 is 0 Å². The van der Waals surface area contributed by atoms with Crippen LogP contribution >= 0.6 is 0 Å². The molecule has 1 saturated carbocycles. The van der Waals surface area contributed by atoms with Crippen molar-refractivity contribution in [2.24, 2.45) is 16.6 Å². The van der Waals surface area contributed by atoms with Gasteiger partial charge in [0.05, 0.1) is 6.42 Å². The molecule has 3 amide bonds. The van der Waals surface area contributed by atoms with Crippen LogP contribution in [0.1, 0.15) is 64.7 Å². The summed E-state index contributed by atoms with van der Waals surface area (Å²) in [4.78, 5) is 38.6. The van der Waals surface area contributed by atoms with Crippen LogP contribution in [0, 0.1) is 5.92 Å². The van der Waals surface area contributed by atoms with E-state index in [0.29, 0.717) is 18.9 Å². The molecule has 1 rings (SSSR count). The first-order valence-corrected chi connectivity index (χ1v) is 8.19. The van der Waals surface area contributed by atoms with E-state index in [4.69, 9.17) is 5.73 Å². The molecule has 0 spiro atoms. The average Bonchev–Trinajstić information content (AvgIpc) is 2.40. The Morgan fingerprint density at radius 1 is 1.23 bits per heavy atom. The van der Waals surface area contributed by atoms with E-state index in [0.717, 1.165) is 25.7 Å². The number of carbonyl (C=O) groups excluding carboxylic acids is 3. The molecule has 6 heteroatoms. The number of aliphatic imine (C=N–C) groups is 1. The highest BCUT2D eigenvalue weighted by molar-refractivity contribution is 6.43. The maximum atomic E-state index is 12.0. The smallest absolute Gasteiger partial charge is 0.266 e. The van der Waals surface area contributed by atoms with E-state index in [1.54, 1.807) is 0 Å². The number of unbranched alkanes of at least 4 members (excludes halogenated alkanes) is 2. The summed E-state index contributed by atoms with van der Waals surface area (Å²) < 4.78 is 0. The Morgan fingerprint density at radius 3 is 2.50 bits per heavy atom. The van der Waals surface area contributed by atoms with Crippen molar-refractivity contribution in [3.8, 4) is 0 Å². The molecule has 124 valence electrons. The Bertz CT molecular complexity index is 428. The fourth-order valence-electron chi connectivity index (χ4n) is 2.34. The van der Waals surface area contributed by atoms with Crippen molar-refractivity contribution in [1.29, 1.82) is 0 Å². The van der Waals surface area contributed by atoms with E-state index in [-0.39, 0.29) is 18.0 Å². The monoisotopic (exact) mass is 309 g/mol. The standard InChI is InChI=1S/C16H27N3O3/c1-2-3-4-8-15(21)19-13(11-14(17)20)16(22)18-10-9-12-6-5-7-12/h12H,2-11H2,1H3,(H2,17,20)(H,18,22)/b19-13+. The van der Waals surface area contributed by atoms with Gasteiger partial charge < -0.3 is 11.1 Å². The summed E-state index contributed by atoms with van der Waals surface area (Å²) in [7, 11) is 0. The van der Waals surface area contributed by atoms with Gasteiger partial charge in [-0.2, -0.15) is 0 Å². The maximum absolute atomic E-state index is 12.0. The van der Waals surface area contributed by atoms with Crippen molar-refractivity contribution >= 4 is 23.4 Å². The summed E-state index contributed by atoms with van der Waals surface area (Å²) in [5.74, 6) is -0.789. The van der Waals surface area contributed by atoms with Crippen LogP contribution in [0.5, 0.6) is 0 Å². The van der Waals surface area contributed by atoms with Gasteiger partial charge in [0, 0.05) is 13.0 Å². The molecule has 0 aromatic rings. The lowest BCUT2D eigenvalue weighted by molar-refractivity contribution is -0.120. The minimum Gasteiger partial charge on any atom is -0.369 e. The average molecular weight is 309 g/mol. The van der Waals surface area contributed by atoms with E-state index >= 15 is 0 Å². The number of nitrogens with two attached hydrogens (primary N) is 1. The lowest BCUT2D eigenvalue weighted by atomic mass is 9.83. The minimum absolute atomic E-state index is 0.0670. The Balaban J connectivity index is 2.47. The number of hydrogen-bond acceptors (Lipinski definition) is 3. The largest absolute Gasteiger partial charge is 0.369 e. The Labute approximate surface area is 131 Å². The third-order valence-corrected chi connectivity index (χ3v) is 3.92. The minimum atomic E-state index is -0.658. The topological polar surface area (TPSA) is 102 Å². The van der Waals surface area contributed by atoms with Crippen LogP contribution in [0.15, 0.2) is 4.99 Å². The van der Waals surface area contributed by atoms with Crippen LogP contribution in [0.2, 0.25) is 0 Å². The molecule has 6 nitrogen and oxygen atoms in total. The third-order valence-electron chi connectivity index (χ3n) is 3.92. The van der Waals surface area contributed by atoms with Gasteiger partial charge in [0.1, 0.15) is 5.71 Å². The molecule has 0 saturated heterocycles. The van der Waals surface area contributed by atoms with Crippen molar-refractivity contribution in [1.82, 2.24) is 5.32 Å². The summed E-state index contributed by atoms with van der Waals surface area (Å²) in [5, 5.41) is 2.73. The predicted molar refractivity (Wildman–Crippen MR) is 85.4 cm³/mol. The second-order valence-electron chi connectivity index (χ2n) is 5.89. The third kappa shape index (κ3) is 7.33. The molecule has 0 atom stereocenters. The molecule has 3 N–H and O–H groups in total. The van der Waals surface area contributed by atoms with Crippen LogP contribution in [-0.4, -0.2) is 30.0 Å². The van der Waals surface area contributed by atoms with Crippen molar-refractivity contribution in [3.63, 3.8) is 0 Å². The fraction of sp³-hybridized carbons (Fsp3) is 0.750. The second kappa shape index (κ2) is 10.1. The van der Waals surface area contributed by atoms with Gasteiger partial charge in [-0.1, -0.05) is 39.0 Å². The maximum Gasteiger partial charge on any atom is 0.266 e.